The number of rotatable bonds is 2. The van der Waals surface area contributed by atoms with Crippen LogP contribution < -0.4 is 4.74 Å². The van der Waals surface area contributed by atoms with Crippen molar-refractivity contribution in [2.24, 2.45) is 0 Å². The van der Waals surface area contributed by atoms with E-state index in [4.69, 9.17) is 0 Å². The van der Waals surface area contributed by atoms with E-state index >= 15 is 0 Å². The van der Waals surface area contributed by atoms with Crippen molar-refractivity contribution in [3.8, 4) is 5.88 Å². The topological polar surface area (TPSA) is 39.2 Å². The Bertz CT molecular complexity index is 353. The second-order valence-corrected chi connectivity index (χ2v) is 3.01. The Morgan fingerprint density at radius 2 is 2.07 bits per heavy atom. The molecule has 0 N–H and O–H groups in total. The van der Waals surface area contributed by atoms with Crippen LogP contribution in [-0.2, 0) is 0 Å². The number of nitrogens with zero attached hydrogens (tertiary/aromatic N) is 1. The third-order valence-electron chi connectivity index (χ3n) is 1.20. The first-order valence-electron chi connectivity index (χ1n) is 3.30. The average molecular weight is 270 g/mol. The molecule has 0 unspecified atom stereocenters. The highest BCUT2D eigenvalue weighted by Crippen LogP contribution is 2.24. The molecule has 1 heterocycles. The van der Waals surface area contributed by atoms with Crippen molar-refractivity contribution < 1.29 is 22.7 Å². The smallest absolute Gasteiger partial charge is 0.387 e. The molecule has 0 aliphatic heterocycles. The summed E-state index contributed by atoms with van der Waals surface area (Å²) in [5.74, 6) is -0.762. The van der Waals surface area contributed by atoms with Crippen LogP contribution >= 0.6 is 15.9 Å². The summed E-state index contributed by atoms with van der Waals surface area (Å²) in [6.45, 7) is 0. The molecule has 0 aromatic carbocycles. The minimum Gasteiger partial charge on any atom is -0.387 e. The van der Waals surface area contributed by atoms with Crippen LogP contribution in [0.1, 0.15) is 10.4 Å². The van der Waals surface area contributed by atoms with Crippen LogP contribution in [-0.4, -0.2) is 17.6 Å². The molecule has 76 valence electrons. The van der Waals surface area contributed by atoms with Crippen molar-refractivity contribution in [3.63, 3.8) is 0 Å². The van der Waals surface area contributed by atoms with E-state index in [9.17, 15) is 18.0 Å². The standard InChI is InChI=1S/C7H3BrF3NO2/c8-5-2-1-4(3-13)6(12-5)14-7(9,10)11/h1-3H. The molecule has 0 amide bonds. The maximum absolute atomic E-state index is 11.8. The van der Waals surface area contributed by atoms with E-state index in [0.717, 1.165) is 0 Å². The van der Waals surface area contributed by atoms with Crippen molar-refractivity contribution in [2.45, 2.75) is 6.36 Å². The molecule has 1 aromatic heterocycles. The monoisotopic (exact) mass is 269 g/mol. The number of ether oxygens (including phenoxy) is 1. The summed E-state index contributed by atoms with van der Waals surface area (Å²) in [6, 6.07) is 2.51. The van der Waals surface area contributed by atoms with Crippen molar-refractivity contribution in [1.82, 2.24) is 4.98 Å². The molecule has 0 saturated heterocycles. The van der Waals surface area contributed by atoms with E-state index < -0.39 is 12.2 Å². The minimum absolute atomic E-state index is 0.155. The van der Waals surface area contributed by atoms with Gasteiger partial charge in [-0.15, -0.1) is 13.2 Å². The molecule has 0 aliphatic carbocycles. The molecule has 7 heteroatoms. The molecule has 0 saturated carbocycles. The van der Waals surface area contributed by atoms with E-state index in [1.54, 1.807) is 0 Å². The molecule has 0 fully saturated rings. The molecule has 1 rings (SSSR count). The highest BCUT2D eigenvalue weighted by atomic mass is 79.9. The lowest BCUT2D eigenvalue weighted by Crippen LogP contribution is -2.19. The van der Waals surface area contributed by atoms with E-state index in [1.165, 1.54) is 12.1 Å². The van der Waals surface area contributed by atoms with Gasteiger partial charge < -0.3 is 4.74 Å². The van der Waals surface area contributed by atoms with Gasteiger partial charge in [-0.25, -0.2) is 4.98 Å². The van der Waals surface area contributed by atoms with Gasteiger partial charge in [-0.1, -0.05) is 0 Å². The molecule has 0 bridgehead atoms. The van der Waals surface area contributed by atoms with Crippen molar-refractivity contribution in [1.29, 1.82) is 0 Å². The maximum atomic E-state index is 11.8. The molecule has 0 atom stereocenters. The van der Waals surface area contributed by atoms with Crippen LogP contribution in [0.4, 0.5) is 13.2 Å². The van der Waals surface area contributed by atoms with Gasteiger partial charge in [0, 0.05) is 0 Å². The molecule has 0 spiro atoms. The van der Waals surface area contributed by atoms with Gasteiger partial charge in [0.05, 0.1) is 5.56 Å². The molecular weight excluding hydrogens is 267 g/mol. The van der Waals surface area contributed by atoms with Crippen LogP contribution in [0.25, 0.3) is 0 Å². The Hall–Kier alpha value is -1.11. The number of aromatic nitrogens is 1. The van der Waals surface area contributed by atoms with Gasteiger partial charge >= 0.3 is 6.36 Å². The van der Waals surface area contributed by atoms with Crippen LogP contribution in [0.15, 0.2) is 16.7 Å². The minimum atomic E-state index is -4.86. The zero-order valence-electron chi connectivity index (χ0n) is 6.51. The molecule has 14 heavy (non-hydrogen) atoms. The van der Waals surface area contributed by atoms with Gasteiger partial charge in [-0.2, -0.15) is 0 Å². The Kier molecular flexibility index (Phi) is 3.10. The SMILES string of the molecule is O=Cc1ccc(Br)nc1OC(F)(F)F. The lowest BCUT2D eigenvalue weighted by atomic mass is 10.3. The number of halogens is 4. The van der Waals surface area contributed by atoms with Gasteiger partial charge in [0.2, 0.25) is 5.88 Å². The first-order chi connectivity index (χ1) is 6.42. The summed E-state index contributed by atoms with van der Waals surface area (Å²) in [4.78, 5) is 13.7. The maximum Gasteiger partial charge on any atom is 0.574 e. The van der Waals surface area contributed by atoms with Gasteiger partial charge in [0.25, 0.3) is 0 Å². The second kappa shape index (κ2) is 3.95. The molecular formula is C7H3BrF3NO2. The summed E-state index contributed by atoms with van der Waals surface area (Å²) in [5, 5.41) is 0. The molecule has 0 aliphatic rings. The number of hydrogen-bond acceptors (Lipinski definition) is 3. The van der Waals surface area contributed by atoms with Crippen molar-refractivity contribution >= 4 is 22.2 Å². The molecule has 0 radical (unpaired) electrons. The van der Waals surface area contributed by atoms with Gasteiger partial charge in [-0.3, -0.25) is 4.79 Å². The van der Waals surface area contributed by atoms with Crippen LogP contribution in [0, 0.1) is 0 Å². The summed E-state index contributed by atoms with van der Waals surface area (Å²) in [7, 11) is 0. The van der Waals surface area contributed by atoms with E-state index in [-0.39, 0.29) is 16.5 Å². The summed E-state index contributed by atoms with van der Waals surface area (Å²) in [5.41, 5.74) is -0.259. The number of carbonyl (C=O) groups is 1. The largest absolute Gasteiger partial charge is 0.574 e. The fourth-order valence-electron chi connectivity index (χ4n) is 0.710. The predicted octanol–water partition coefficient (Wildman–Crippen LogP) is 2.56. The first kappa shape index (κ1) is 11.0. The first-order valence-corrected chi connectivity index (χ1v) is 4.09. The van der Waals surface area contributed by atoms with Crippen molar-refractivity contribution in [2.75, 3.05) is 0 Å². The van der Waals surface area contributed by atoms with E-state index in [2.05, 4.69) is 25.7 Å². The second-order valence-electron chi connectivity index (χ2n) is 2.19. The molecule has 1 aromatic rings. The summed E-state index contributed by atoms with van der Waals surface area (Å²) in [6.07, 6.45) is -4.62. The van der Waals surface area contributed by atoms with Gasteiger partial charge in [-0.05, 0) is 28.1 Å². The quantitative estimate of drug-likeness (QED) is 0.612. The third kappa shape index (κ3) is 2.99. The zero-order chi connectivity index (χ0) is 10.8. The number of carbonyl (C=O) groups excluding carboxylic acids is 1. The number of hydrogen-bond donors (Lipinski definition) is 0. The van der Waals surface area contributed by atoms with E-state index in [0.29, 0.717) is 0 Å². The normalized spacial score (nSPS) is 11.1. The average Bonchev–Trinajstić information content (AvgIpc) is 2.01. The highest BCUT2D eigenvalue weighted by Gasteiger charge is 2.32. The van der Waals surface area contributed by atoms with Gasteiger partial charge in [0.15, 0.2) is 6.29 Å². The van der Waals surface area contributed by atoms with Gasteiger partial charge in [0.1, 0.15) is 4.60 Å². The molecule has 3 nitrogen and oxygen atoms in total. The van der Waals surface area contributed by atoms with Crippen molar-refractivity contribution in [3.05, 3.63) is 22.3 Å². The number of aldehydes is 1. The number of pyridine rings is 1. The van der Waals surface area contributed by atoms with Crippen LogP contribution in [0.5, 0.6) is 5.88 Å². The Labute approximate surface area is 85.0 Å². The Balaban J connectivity index is 3.05. The number of alkyl halides is 3. The summed E-state index contributed by atoms with van der Waals surface area (Å²) < 4.78 is 39.1. The Morgan fingerprint density at radius 3 is 2.57 bits per heavy atom. The lowest BCUT2D eigenvalue weighted by Gasteiger charge is -2.09. The zero-order valence-corrected chi connectivity index (χ0v) is 8.09. The fourth-order valence-corrected chi connectivity index (χ4v) is 1.00. The predicted molar refractivity (Wildman–Crippen MR) is 44.0 cm³/mol. The lowest BCUT2D eigenvalue weighted by molar-refractivity contribution is -0.276. The van der Waals surface area contributed by atoms with Crippen LogP contribution in [0.2, 0.25) is 0 Å². The third-order valence-corrected chi connectivity index (χ3v) is 1.64. The summed E-state index contributed by atoms with van der Waals surface area (Å²) >= 11 is 2.86. The highest BCUT2D eigenvalue weighted by molar-refractivity contribution is 9.10. The Morgan fingerprint density at radius 1 is 1.43 bits per heavy atom. The van der Waals surface area contributed by atoms with E-state index in [1.807, 2.05) is 0 Å². The van der Waals surface area contributed by atoms with Crippen LogP contribution in [0.3, 0.4) is 0 Å². The fraction of sp³-hybridized carbons (Fsp3) is 0.143.